The van der Waals surface area contributed by atoms with E-state index in [9.17, 15) is 0 Å². The van der Waals surface area contributed by atoms with E-state index in [1.165, 1.54) is 0 Å². The molecule has 0 aliphatic carbocycles. The summed E-state index contributed by atoms with van der Waals surface area (Å²) in [5.74, 6) is 0. The molecule has 16 heavy (non-hydrogen) atoms. The molecule has 0 aliphatic heterocycles. The number of benzene rings is 1. The van der Waals surface area contributed by atoms with Crippen molar-refractivity contribution in [2.24, 2.45) is 0 Å². The van der Waals surface area contributed by atoms with Crippen LogP contribution in [0.4, 0.5) is 0 Å². The Balaban J connectivity index is 2.36. The second-order valence-electron chi connectivity index (χ2n) is 3.36. The summed E-state index contributed by atoms with van der Waals surface area (Å²) in [5.41, 5.74) is 1.97. The summed E-state index contributed by atoms with van der Waals surface area (Å²) in [7, 11) is 0. The van der Waals surface area contributed by atoms with Gasteiger partial charge < -0.3 is 9.47 Å². The summed E-state index contributed by atoms with van der Waals surface area (Å²) in [4.78, 5) is 4.31. The van der Waals surface area contributed by atoms with E-state index in [0.717, 1.165) is 11.0 Å². The number of fused-ring (bicyclic) bond motifs is 1. The lowest BCUT2D eigenvalue weighted by Gasteiger charge is -2.18. The third kappa shape index (κ3) is 2.08. The zero-order valence-electron chi connectivity index (χ0n) is 9.59. The minimum absolute atomic E-state index is 0.387. The molecule has 1 aromatic carbocycles. The quantitative estimate of drug-likeness (QED) is 0.726. The first kappa shape index (κ1) is 11.1. The highest BCUT2D eigenvalue weighted by atomic mass is 16.7. The molecule has 1 heterocycles. The molecule has 0 saturated heterocycles. The van der Waals surface area contributed by atoms with Gasteiger partial charge in [0.2, 0.25) is 6.41 Å². The molecule has 4 nitrogen and oxygen atoms in total. The molecule has 0 atom stereocenters. The summed E-state index contributed by atoms with van der Waals surface area (Å²) in [6.45, 7) is 5.12. The number of rotatable bonds is 5. The molecular formula is C12H16N2O2. The fraction of sp³-hybridized carbons (Fsp3) is 0.417. The van der Waals surface area contributed by atoms with E-state index in [-0.39, 0.29) is 6.41 Å². The van der Waals surface area contributed by atoms with Crippen molar-refractivity contribution < 1.29 is 9.47 Å². The molecule has 4 heteroatoms. The van der Waals surface area contributed by atoms with Crippen molar-refractivity contribution in [2.45, 2.75) is 20.3 Å². The van der Waals surface area contributed by atoms with Crippen LogP contribution in [0.3, 0.4) is 0 Å². The molecule has 0 saturated carbocycles. The molecule has 0 radical (unpaired) electrons. The number of aromatic nitrogens is 2. The van der Waals surface area contributed by atoms with Crippen molar-refractivity contribution in [3.63, 3.8) is 0 Å². The van der Waals surface area contributed by atoms with E-state index in [0.29, 0.717) is 13.2 Å². The summed E-state index contributed by atoms with van der Waals surface area (Å²) in [6, 6.07) is 7.93. The maximum atomic E-state index is 5.54. The van der Waals surface area contributed by atoms with E-state index < -0.39 is 0 Å². The van der Waals surface area contributed by atoms with Gasteiger partial charge in [-0.3, -0.25) is 4.57 Å². The fourth-order valence-electron chi connectivity index (χ4n) is 1.64. The van der Waals surface area contributed by atoms with Crippen LogP contribution in [0.5, 0.6) is 0 Å². The number of hydrogen-bond donors (Lipinski definition) is 0. The number of para-hydroxylation sites is 2. The highest BCUT2D eigenvalue weighted by Crippen LogP contribution is 2.19. The molecule has 0 amide bonds. The third-order valence-electron chi connectivity index (χ3n) is 2.33. The standard InChI is InChI=1S/C12H16N2O2/c1-3-15-12(16-4-2)14-9-13-10-7-5-6-8-11(10)14/h5-9,12H,3-4H2,1-2H3. The molecule has 0 N–H and O–H groups in total. The largest absolute Gasteiger partial charge is 0.335 e. The summed E-state index contributed by atoms with van der Waals surface area (Å²) >= 11 is 0. The summed E-state index contributed by atoms with van der Waals surface area (Å²) in [5, 5.41) is 0. The number of nitrogens with zero attached hydrogens (tertiary/aromatic N) is 2. The first-order valence-corrected chi connectivity index (χ1v) is 5.51. The summed E-state index contributed by atoms with van der Waals surface area (Å²) in [6.07, 6.45) is 1.36. The van der Waals surface area contributed by atoms with Gasteiger partial charge >= 0.3 is 0 Å². The molecule has 86 valence electrons. The number of imidazole rings is 1. The first-order chi connectivity index (χ1) is 7.86. The molecule has 0 aliphatic rings. The van der Waals surface area contributed by atoms with E-state index in [4.69, 9.17) is 9.47 Å². The van der Waals surface area contributed by atoms with Gasteiger partial charge in [-0.25, -0.2) is 4.98 Å². The van der Waals surface area contributed by atoms with Crippen molar-refractivity contribution >= 4 is 11.0 Å². The monoisotopic (exact) mass is 220 g/mol. The molecule has 0 spiro atoms. The van der Waals surface area contributed by atoms with Crippen molar-refractivity contribution in [1.29, 1.82) is 0 Å². The third-order valence-corrected chi connectivity index (χ3v) is 2.33. The minimum Gasteiger partial charge on any atom is -0.335 e. The van der Waals surface area contributed by atoms with E-state index in [1.54, 1.807) is 6.33 Å². The van der Waals surface area contributed by atoms with E-state index in [2.05, 4.69) is 4.98 Å². The first-order valence-electron chi connectivity index (χ1n) is 5.51. The maximum Gasteiger partial charge on any atom is 0.245 e. The van der Waals surface area contributed by atoms with E-state index >= 15 is 0 Å². The van der Waals surface area contributed by atoms with E-state index in [1.807, 2.05) is 42.7 Å². The zero-order valence-corrected chi connectivity index (χ0v) is 9.59. The topological polar surface area (TPSA) is 36.3 Å². The van der Waals surface area contributed by atoms with Crippen LogP contribution in [0.15, 0.2) is 30.6 Å². The van der Waals surface area contributed by atoms with Crippen LogP contribution in [-0.2, 0) is 9.47 Å². The van der Waals surface area contributed by atoms with Gasteiger partial charge in [0, 0.05) is 13.2 Å². The highest BCUT2D eigenvalue weighted by Gasteiger charge is 2.13. The van der Waals surface area contributed by atoms with Gasteiger partial charge in [0.15, 0.2) is 0 Å². The van der Waals surface area contributed by atoms with Gasteiger partial charge in [0.1, 0.15) is 0 Å². The number of hydrogen-bond acceptors (Lipinski definition) is 3. The average Bonchev–Trinajstić information content (AvgIpc) is 2.72. The van der Waals surface area contributed by atoms with Crippen LogP contribution >= 0.6 is 0 Å². The Kier molecular flexibility index (Phi) is 3.54. The van der Waals surface area contributed by atoms with Crippen molar-refractivity contribution in [3.8, 4) is 0 Å². The van der Waals surface area contributed by atoms with Crippen LogP contribution < -0.4 is 0 Å². The average molecular weight is 220 g/mol. The van der Waals surface area contributed by atoms with Gasteiger partial charge in [-0.05, 0) is 26.0 Å². The smallest absolute Gasteiger partial charge is 0.245 e. The summed E-state index contributed by atoms with van der Waals surface area (Å²) < 4.78 is 13.0. The second kappa shape index (κ2) is 5.09. The second-order valence-corrected chi connectivity index (χ2v) is 3.36. The van der Waals surface area contributed by atoms with Gasteiger partial charge in [0.25, 0.3) is 0 Å². The Morgan fingerprint density at radius 3 is 2.56 bits per heavy atom. The Morgan fingerprint density at radius 1 is 1.19 bits per heavy atom. The van der Waals surface area contributed by atoms with Crippen molar-refractivity contribution in [1.82, 2.24) is 9.55 Å². The molecule has 2 aromatic rings. The lowest BCUT2D eigenvalue weighted by atomic mass is 10.3. The lowest BCUT2D eigenvalue weighted by Crippen LogP contribution is -2.15. The highest BCUT2D eigenvalue weighted by molar-refractivity contribution is 5.74. The van der Waals surface area contributed by atoms with Crippen molar-refractivity contribution in [3.05, 3.63) is 30.6 Å². The fourth-order valence-corrected chi connectivity index (χ4v) is 1.64. The van der Waals surface area contributed by atoms with Gasteiger partial charge in [-0.15, -0.1) is 0 Å². The Hall–Kier alpha value is -1.39. The van der Waals surface area contributed by atoms with Gasteiger partial charge in [0.05, 0.1) is 17.4 Å². The Morgan fingerprint density at radius 2 is 1.88 bits per heavy atom. The van der Waals surface area contributed by atoms with Crippen LogP contribution in [0.2, 0.25) is 0 Å². The lowest BCUT2D eigenvalue weighted by molar-refractivity contribution is -0.184. The van der Waals surface area contributed by atoms with Crippen molar-refractivity contribution in [2.75, 3.05) is 13.2 Å². The van der Waals surface area contributed by atoms with Gasteiger partial charge in [-0.1, -0.05) is 12.1 Å². The van der Waals surface area contributed by atoms with Crippen LogP contribution in [-0.4, -0.2) is 22.8 Å². The number of ether oxygens (including phenoxy) is 2. The van der Waals surface area contributed by atoms with Crippen LogP contribution in [0, 0.1) is 0 Å². The molecule has 0 fully saturated rings. The maximum absolute atomic E-state index is 5.54. The predicted octanol–water partition coefficient (Wildman–Crippen LogP) is 2.57. The van der Waals surface area contributed by atoms with Crippen LogP contribution in [0.1, 0.15) is 20.3 Å². The molecule has 1 aromatic heterocycles. The molecule has 2 rings (SSSR count). The Labute approximate surface area is 94.8 Å². The predicted molar refractivity (Wildman–Crippen MR) is 62.0 cm³/mol. The molecule has 0 bridgehead atoms. The minimum atomic E-state index is -0.387. The molecule has 0 unspecified atom stereocenters. The molecular weight excluding hydrogens is 204 g/mol. The SMILES string of the molecule is CCOC(OCC)n1cnc2ccccc21. The Bertz CT molecular complexity index is 447. The normalized spacial score (nSPS) is 11.4. The zero-order chi connectivity index (χ0) is 11.4. The van der Waals surface area contributed by atoms with Gasteiger partial charge in [-0.2, -0.15) is 0 Å². The van der Waals surface area contributed by atoms with Crippen LogP contribution in [0.25, 0.3) is 11.0 Å².